The molecular weight excluding hydrogens is 335 g/mol. The van der Waals surface area contributed by atoms with Gasteiger partial charge in [0.15, 0.2) is 0 Å². The Morgan fingerprint density at radius 1 is 1.21 bits per heavy atom. The molecule has 24 heavy (non-hydrogen) atoms. The number of aliphatic hydroxyl groups excluding tert-OH is 1. The molecule has 0 saturated carbocycles. The average molecular weight is 369 g/mol. The topological polar surface area (TPSA) is 95.9 Å². The molecule has 0 bridgehead atoms. The van der Waals surface area contributed by atoms with Crippen LogP contribution < -0.4 is 61.8 Å². The van der Waals surface area contributed by atoms with Gasteiger partial charge in [-0.1, -0.05) is 39.5 Å². The van der Waals surface area contributed by atoms with Gasteiger partial charge in [0.2, 0.25) is 0 Å². The third-order valence-electron chi connectivity index (χ3n) is 3.56. The number of carbonyl (C=O) groups is 1. The Hall–Kier alpha value is 0.366. The van der Waals surface area contributed by atoms with E-state index in [1.165, 1.54) is 6.20 Å². The molecule has 0 aliphatic rings. The number of hydrogen-bond donors (Lipinski definition) is 3. The molecule has 0 aromatic heterocycles. The van der Waals surface area contributed by atoms with Crippen LogP contribution in [0.25, 0.3) is 0 Å². The summed E-state index contributed by atoms with van der Waals surface area (Å²) >= 11 is 0. The van der Waals surface area contributed by atoms with E-state index in [1.54, 1.807) is 4.90 Å². The maximum Gasteiger partial charge on any atom is 1.00 e. The van der Waals surface area contributed by atoms with Crippen LogP contribution in [0.2, 0.25) is 0 Å². The van der Waals surface area contributed by atoms with Crippen LogP contribution in [-0.2, 0) is 4.79 Å². The van der Waals surface area contributed by atoms with Crippen LogP contribution in [0, 0.1) is 0 Å². The van der Waals surface area contributed by atoms with Crippen molar-refractivity contribution in [2.45, 2.75) is 64.9 Å². The minimum Gasteiger partial charge on any atom is -0.874 e. The Kier molecular flexibility index (Phi) is 20.1. The van der Waals surface area contributed by atoms with Crippen molar-refractivity contribution in [1.29, 1.82) is 0 Å². The monoisotopic (exact) mass is 368 g/mol. The summed E-state index contributed by atoms with van der Waals surface area (Å²) in [7, 11) is 0. The van der Waals surface area contributed by atoms with Gasteiger partial charge in [-0.15, -0.1) is 5.76 Å². The van der Waals surface area contributed by atoms with E-state index < -0.39 is 5.97 Å². The number of hydrogen-bond acceptors (Lipinski definition) is 5. The molecule has 0 aromatic carbocycles. The second-order valence-corrected chi connectivity index (χ2v) is 5.88. The second kappa shape index (κ2) is 18.2. The number of nitrogens with zero attached hydrogens (tertiary/aromatic N) is 1. The number of aliphatic carboxylic acids is 1. The Morgan fingerprint density at radius 3 is 2.46 bits per heavy atom. The molecule has 0 radical (unpaired) electrons. The Balaban J connectivity index is 0. The van der Waals surface area contributed by atoms with Gasteiger partial charge in [0.25, 0.3) is 0 Å². The largest absolute Gasteiger partial charge is 1.00 e. The number of allylic oxidation sites excluding steroid dienone is 1. The molecule has 0 amide bonds. The molecule has 1 atom stereocenters. The zero-order chi connectivity index (χ0) is 17.5. The molecule has 0 saturated heterocycles. The summed E-state index contributed by atoms with van der Waals surface area (Å²) in [6, 6.07) is 0. The van der Waals surface area contributed by atoms with E-state index in [0.717, 1.165) is 32.1 Å². The fraction of sp³-hybridized carbons (Fsp3) is 0.824. The van der Waals surface area contributed by atoms with Crippen molar-refractivity contribution in [3.05, 3.63) is 12.0 Å². The average Bonchev–Trinajstić information content (AvgIpc) is 2.52. The molecule has 0 heterocycles. The van der Waals surface area contributed by atoms with Crippen LogP contribution in [0.5, 0.6) is 0 Å². The molecule has 3 N–H and O–H groups in total. The van der Waals surface area contributed by atoms with E-state index in [-0.39, 0.29) is 69.7 Å². The third-order valence-corrected chi connectivity index (χ3v) is 3.56. The van der Waals surface area contributed by atoms with Crippen LogP contribution in [-0.4, -0.2) is 53.4 Å². The minimum atomic E-state index is -0.868. The number of aliphatic hydroxyl groups is 1. The van der Waals surface area contributed by atoms with Crippen molar-refractivity contribution in [1.82, 2.24) is 10.2 Å². The fourth-order valence-electron chi connectivity index (χ4n) is 2.13. The molecule has 7 heteroatoms. The maximum atomic E-state index is 11.8. The number of unbranched alkanes of at least 4 members (excludes halogenated alkanes) is 2. The second-order valence-electron chi connectivity index (χ2n) is 5.88. The third kappa shape index (κ3) is 17.2. The summed E-state index contributed by atoms with van der Waals surface area (Å²) in [5, 5.41) is 33.5. The first kappa shape index (κ1) is 26.6. The van der Waals surface area contributed by atoms with E-state index in [1.807, 2.05) is 6.92 Å². The van der Waals surface area contributed by atoms with Crippen molar-refractivity contribution in [2.75, 3.05) is 26.2 Å². The fourth-order valence-corrected chi connectivity index (χ4v) is 2.13. The molecule has 6 nitrogen and oxygen atoms in total. The zero-order valence-corrected chi connectivity index (χ0v) is 18.7. The summed E-state index contributed by atoms with van der Waals surface area (Å²) in [6.07, 6.45) is 6.37. The van der Waals surface area contributed by atoms with Gasteiger partial charge in [0.1, 0.15) is 0 Å². The molecule has 136 valence electrons. The quantitative estimate of drug-likeness (QED) is 0.181. The molecule has 0 aliphatic heterocycles. The van der Waals surface area contributed by atoms with Crippen LogP contribution >= 0.6 is 0 Å². The predicted octanol–water partition coefficient (Wildman–Crippen LogP) is -1.70. The number of carboxylic acid groups (broad SMARTS) is 1. The first-order valence-electron chi connectivity index (χ1n) is 8.71. The molecular formula is C17H33KN2O4. The van der Waals surface area contributed by atoms with Gasteiger partial charge in [-0.25, -0.2) is 0 Å². The van der Waals surface area contributed by atoms with Gasteiger partial charge in [-0.05, 0) is 19.0 Å². The van der Waals surface area contributed by atoms with Crippen molar-refractivity contribution in [2.24, 2.45) is 0 Å². The van der Waals surface area contributed by atoms with Crippen molar-refractivity contribution >= 4 is 5.97 Å². The van der Waals surface area contributed by atoms with E-state index >= 15 is 0 Å². The van der Waals surface area contributed by atoms with Crippen LogP contribution in [0.4, 0.5) is 0 Å². The number of rotatable bonds is 15. The smallest absolute Gasteiger partial charge is 0.874 e. The van der Waals surface area contributed by atoms with Gasteiger partial charge >= 0.3 is 57.4 Å². The Bertz CT molecular complexity index is 341. The minimum absolute atomic E-state index is 0. The standard InChI is InChI=1S/C17H34N2O4.K/c1-3-5-7-15(20)13-18-10-12-19(11-9-17(22)23)14-16(21)8-6-4-2;/h14-15,18,20-21H,3-13H2,1-2H3,(H,22,23);/q;+1/p-1/b16-14-;. The maximum absolute atomic E-state index is 11.8. The van der Waals surface area contributed by atoms with Crippen LogP contribution in [0.15, 0.2) is 12.0 Å². The Labute approximate surface area is 189 Å². The summed E-state index contributed by atoms with van der Waals surface area (Å²) in [5.41, 5.74) is 0. The first-order valence-corrected chi connectivity index (χ1v) is 8.71. The van der Waals surface area contributed by atoms with Crippen LogP contribution in [0.3, 0.4) is 0 Å². The van der Waals surface area contributed by atoms with Crippen LogP contribution in [0.1, 0.15) is 58.8 Å². The first-order chi connectivity index (χ1) is 11.0. The predicted molar refractivity (Wildman–Crippen MR) is 89.8 cm³/mol. The molecule has 1 unspecified atom stereocenters. The normalized spacial score (nSPS) is 12.5. The summed E-state index contributed by atoms with van der Waals surface area (Å²) < 4.78 is 0. The summed E-state index contributed by atoms with van der Waals surface area (Å²) in [6.45, 7) is 6.14. The number of carboxylic acids is 1. The van der Waals surface area contributed by atoms with Gasteiger partial charge in [-0.3, -0.25) is 4.79 Å². The number of nitrogens with one attached hydrogen (secondary N) is 1. The summed E-state index contributed by atoms with van der Waals surface area (Å²) in [4.78, 5) is 12.5. The van der Waals surface area contributed by atoms with Gasteiger partial charge in [0, 0.05) is 26.2 Å². The molecule has 0 aromatic rings. The van der Waals surface area contributed by atoms with E-state index in [0.29, 0.717) is 32.6 Å². The van der Waals surface area contributed by atoms with Crippen molar-refractivity contribution in [3.8, 4) is 0 Å². The van der Waals surface area contributed by atoms with Crippen molar-refractivity contribution < 1.29 is 71.5 Å². The van der Waals surface area contributed by atoms with E-state index in [9.17, 15) is 15.0 Å². The SMILES string of the molecule is CCCC/C([O-])=C/N(CCNCC(O)CCCC)CCC(=O)O.[K+]. The van der Waals surface area contributed by atoms with Gasteiger partial charge in [0.05, 0.1) is 12.5 Å². The van der Waals surface area contributed by atoms with Gasteiger partial charge < -0.3 is 25.5 Å². The molecule has 0 rings (SSSR count). The zero-order valence-electron chi connectivity index (χ0n) is 15.6. The molecule has 0 spiro atoms. The van der Waals surface area contributed by atoms with E-state index in [4.69, 9.17) is 5.11 Å². The van der Waals surface area contributed by atoms with E-state index in [2.05, 4.69) is 12.2 Å². The molecule has 0 aliphatic carbocycles. The summed E-state index contributed by atoms with van der Waals surface area (Å²) in [5.74, 6) is -0.826. The van der Waals surface area contributed by atoms with Gasteiger partial charge in [-0.2, -0.15) is 0 Å². The van der Waals surface area contributed by atoms with Crippen molar-refractivity contribution in [3.63, 3.8) is 0 Å². The Morgan fingerprint density at radius 2 is 1.88 bits per heavy atom. The molecule has 0 fully saturated rings.